The van der Waals surface area contributed by atoms with Gasteiger partial charge in [0.2, 0.25) is 0 Å². The van der Waals surface area contributed by atoms with Crippen molar-refractivity contribution in [2.75, 3.05) is 0 Å². The molecule has 0 aromatic carbocycles. The van der Waals surface area contributed by atoms with Crippen molar-refractivity contribution in [1.82, 2.24) is 0 Å². The fourth-order valence-electron chi connectivity index (χ4n) is 3.36. The molecular formula is C17H26O4. The van der Waals surface area contributed by atoms with Gasteiger partial charge in [0.1, 0.15) is 24.1 Å². The van der Waals surface area contributed by atoms with Gasteiger partial charge >= 0.3 is 5.97 Å². The van der Waals surface area contributed by atoms with Gasteiger partial charge in [0, 0.05) is 18.8 Å². The van der Waals surface area contributed by atoms with Gasteiger partial charge < -0.3 is 4.74 Å². The van der Waals surface area contributed by atoms with E-state index >= 15 is 0 Å². The molecular weight excluding hydrogens is 268 g/mol. The molecule has 0 amide bonds. The lowest BCUT2D eigenvalue weighted by atomic mass is 9.84. The van der Waals surface area contributed by atoms with Gasteiger partial charge in [-0.05, 0) is 44.9 Å². The number of hydrogen-bond acceptors (Lipinski definition) is 4. The maximum Gasteiger partial charge on any atom is 0.313 e. The lowest BCUT2D eigenvalue weighted by Gasteiger charge is -2.22. The summed E-state index contributed by atoms with van der Waals surface area (Å²) < 4.78 is 5.35. The summed E-state index contributed by atoms with van der Waals surface area (Å²) in [5.74, 6) is -0.146. The number of hydrogen-bond donors (Lipinski definition) is 0. The number of esters is 1. The summed E-state index contributed by atoms with van der Waals surface area (Å²) >= 11 is 0. The molecule has 1 unspecified atom stereocenters. The van der Waals surface area contributed by atoms with E-state index in [-0.39, 0.29) is 30.2 Å². The molecule has 4 heteroatoms. The third-order valence-corrected chi connectivity index (χ3v) is 4.64. The van der Waals surface area contributed by atoms with Crippen LogP contribution in [0.25, 0.3) is 0 Å². The van der Waals surface area contributed by atoms with Gasteiger partial charge in [-0.15, -0.1) is 0 Å². The molecule has 0 saturated heterocycles. The number of Topliss-reactive ketones (excluding diaryl/α,β-unsaturated/α-hetero) is 2. The van der Waals surface area contributed by atoms with Crippen molar-refractivity contribution in [3.63, 3.8) is 0 Å². The number of ketones is 2. The van der Waals surface area contributed by atoms with Gasteiger partial charge in [0.25, 0.3) is 0 Å². The van der Waals surface area contributed by atoms with Gasteiger partial charge in [-0.3, -0.25) is 14.4 Å². The van der Waals surface area contributed by atoms with E-state index in [1.165, 1.54) is 6.42 Å². The molecule has 118 valence electrons. The Hall–Kier alpha value is -1.19. The maximum absolute atomic E-state index is 11.8. The predicted octanol–water partition coefficient (Wildman–Crippen LogP) is 3.36. The quantitative estimate of drug-likeness (QED) is 0.556. The minimum Gasteiger partial charge on any atom is -0.462 e. The van der Waals surface area contributed by atoms with Crippen LogP contribution in [-0.4, -0.2) is 23.6 Å². The smallest absolute Gasteiger partial charge is 0.313 e. The van der Waals surface area contributed by atoms with Crippen molar-refractivity contribution in [2.24, 2.45) is 5.92 Å². The van der Waals surface area contributed by atoms with Crippen molar-refractivity contribution in [2.45, 2.75) is 83.2 Å². The van der Waals surface area contributed by atoms with E-state index in [1.54, 1.807) is 0 Å². The first kappa shape index (κ1) is 16.2. The van der Waals surface area contributed by atoms with Crippen molar-refractivity contribution >= 4 is 17.5 Å². The number of rotatable bonds is 6. The Morgan fingerprint density at radius 2 is 1.71 bits per heavy atom. The molecule has 0 N–H and O–H groups in total. The first-order valence-electron chi connectivity index (χ1n) is 8.39. The fourth-order valence-corrected chi connectivity index (χ4v) is 3.36. The van der Waals surface area contributed by atoms with Gasteiger partial charge in [-0.2, -0.15) is 0 Å². The predicted molar refractivity (Wildman–Crippen MR) is 78.8 cm³/mol. The van der Waals surface area contributed by atoms with Crippen molar-refractivity contribution < 1.29 is 19.1 Å². The van der Waals surface area contributed by atoms with E-state index in [9.17, 15) is 14.4 Å². The second-order valence-corrected chi connectivity index (χ2v) is 6.41. The molecule has 2 saturated carbocycles. The molecule has 4 nitrogen and oxygen atoms in total. The summed E-state index contributed by atoms with van der Waals surface area (Å²) in [7, 11) is 0. The monoisotopic (exact) mass is 294 g/mol. The summed E-state index contributed by atoms with van der Waals surface area (Å²) in [6.07, 6.45) is 9.72. The zero-order valence-electron chi connectivity index (χ0n) is 12.8. The topological polar surface area (TPSA) is 60.4 Å². The Bertz CT molecular complexity index is 382. The van der Waals surface area contributed by atoms with Crippen molar-refractivity contribution in [3.05, 3.63) is 0 Å². The molecule has 0 spiro atoms. The Morgan fingerprint density at radius 1 is 1.00 bits per heavy atom. The molecule has 0 heterocycles. The Balaban J connectivity index is 1.64. The lowest BCUT2D eigenvalue weighted by molar-refractivity contribution is -0.152. The Morgan fingerprint density at radius 3 is 2.43 bits per heavy atom. The van der Waals surface area contributed by atoms with Crippen LogP contribution in [0.2, 0.25) is 0 Å². The fraction of sp³-hybridized carbons (Fsp3) is 0.824. The second kappa shape index (κ2) is 8.30. The molecule has 2 rings (SSSR count). The number of carbonyl (C=O) groups excluding carboxylic acids is 3. The molecule has 2 aliphatic rings. The van der Waals surface area contributed by atoms with Crippen LogP contribution in [0, 0.1) is 5.92 Å². The molecule has 1 atom stereocenters. The highest BCUT2D eigenvalue weighted by Crippen LogP contribution is 2.25. The molecule has 2 fully saturated rings. The summed E-state index contributed by atoms with van der Waals surface area (Å²) in [6, 6.07) is 0. The van der Waals surface area contributed by atoms with Gasteiger partial charge in [0.15, 0.2) is 0 Å². The minimum atomic E-state index is -0.387. The van der Waals surface area contributed by atoms with Crippen LogP contribution in [-0.2, 0) is 19.1 Å². The Labute approximate surface area is 126 Å². The molecule has 0 radical (unpaired) electrons. The molecule has 21 heavy (non-hydrogen) atoms. The highest BCUT2D eigenvalue weighted by atomic mass is 16.5. The third kappa shape index (κ3) is 5.60. The standard InChI is InChI=1S/C17H26O4/c18-14(11-10-13-6-4-5-9-16(13)19)12-17(20)21-15-7-2-1-3-8-15/h13,15H,1-12H2. The normalized spacial score (nSPS) is 23.8. The van der Waals surface area contributed by atoms with Crippen LogP contribution >= 0.6 is 0 Å². The third-order valence-electron chi connectivity index (χ3n) is 4.64. The minimum absolute atomic E-state index is 0.0129. The summed E-state index contributed by atoms with van der Waals surface area (Å²) in [6.45, 7) is 0. The van der Waals surface area contributed by atoms with Crippen LogP contribution in [0.3, 0.4) is 0 Å². The summed E-state index contributed by atoms with van der Waals surface area (Å²) in [5, 5.41) is 0. The SMILES string of the molecule is O=C(CCC1CCCCC1=O)CC(=O)OC1CCCCC1. The molecule has 0 aromatic rings. The number of carbonyl (C=O) groups is 3. The average Bonchev–Trinajstić information content (AvgIpc) is 2.47. The van der Waals surface area contributed by atoms with Crippen molar-refractivity contribution in [3.8, 4) is 0 Å². The molecule has 0 aromatic heterocycles. The zero-order valence-corrected chi connectivity index (χ0v) is 12.8. The largest absolute Gasteiger partial charge is 0.462 e. The maximum atomic E-state index is 11.8. The molecule has 2 aliphatic carbocycles. The van der Waals surface area contributed by atoms with Gasteiger partial charge in [-0.25, -0.2) is 0 Å². The van der Waals surface area contributed by atoms with Crippen molar-refractivity contribution in [1.29, 1.82) is 0 Å². The van der Waals surface area contributed by atoms with Crippen LogP contribution in [0.5, 0.6) is 0 Å². The van der Waals surface area contributed by atoms with Crippen LogP contribution in [0.15, 0.2) is 0 Å². The first-order valence-corrected chi connectivity index (χ1v) is 8.39. The molecule has 0 aliphatic heterocycles. The number of ether oxygens (including phenoxy) is 1. The van der Waals surface area contributed by atoms with E-state index in [2.05, 4.69) is 0 Å². The van der Waals surface area contributed by atoms with Crippen LogP contribution in [0.4, 0.5) is 0 Å². The van der Waals surface area contributed by atoms with Crippen LogP contribution in [0.1, 0.15) is 77.0 Å². The highest BCUT2D eigenvalue weighted by Gasteiger charge is 2.24. The Kier molecular flexibility index (Phi) is 6.40. The first-order chi connectivity index (χ1) is 10.1. The van der Waals surface area contributed by atoms with Crippen LogP contribution < -0.4 is 0 Å². The van der Waals surface area contributed by atoms with E-state index in [4.69, 9.17) is 4.74 Å². The molecule has 0 bridgehead atoms. The second-order valence-electron chi connectivity index (χ2n) is 6.41. The zero-order chi connectivity index (χ0) is 15.1. The highest BCUT2D eigenvalue weighted by molar-refractivity contribution is 5.95. The van der Waals surface area contributed by atoms with Gasteiger partial charge in [-0.1, -0.05) is 12.8 Å². The van der Waals surface area contributed by atoms with E-state index in [1.807, 2.05) is 0 Å². The summed E-state index contributed by atoms with van der Waals surface area (Å²) in [5.41, 5.74) is 0. The van der Waals surface area contributed by atoms with E-state index < -0.39 is 0 Å². The van der Waals surface area contributed by atoms with E-state index in [0.717, 1.165) is 44.9 Å². The summed E-state index contributed by atoms with van der Waals surface area (Å²) in [4.78, 5) is 35.2. The van der Waals surface area contributed by atoms with Gasteiger partial charge in [0.05, 0.1) is 0 Å². The lowest BCUT2D eigenvalue weighted by Crippen LogP contribution is -2.23. The average molecular weight is 294 g/mol. The van der Waals surface area contributed by atoms with E-state index in [0.29, 0.717) is 25.0 Å².